The molecule has 1 aromatic heterocycles. The third-order valence-corrected chi connectivity index (χ3v) is 5.38. The summed E-state index contributed by atoms with van der Waals surface area (Å²) in [5, 5.41) is 2.73. The molecule has 2 aliphatic heterocycles. The summed E-state index contributed by atoms with van der Waals surface area (Å²) in [5.74, 6) is -1.27. The van der Waals surface area contributed by atoms with Crippen LogP contribution < -0.4 is 5.32 Å². The number of carbonyl (C=O) groups is 2. The maximum Gasteiger partial charge on any atom is 0.230 e. The van der Waals surface area contributed by atoms with Crippen molar-refractivity contribution >= 4 is 17.5 Å². The standard InChI is InChI=1S/C20H23FN4O2/c21-15-3-4-18-16(13-15)17(14-19(26)22-18)20(27)25-11-9-24(10-12-25)8-7-23-5-1-2-6-23/h1-6,13,17H,7-12,14H2,(H,22,26)/t17-/m0/s1. The van der Waals surface area contributed by atoms with E-state index in [1.807, 2.05) is 29.4 Å². The minimum Gasteiger partial charge on any atom is -0.353 e. The van der Waals surface area contributed by atoms with Gasteiger partial charge in [-0.15, -0.1) is 0 Å². The lowest BCUT2D eigenvalue weighted by atomic mass is 9.89. The van der Waals surface area contributed by atoms with Crippen LogP contribution in [0.25, 0.3) is 0 Å². The average Bonchev–Trinajstić information content (AvgIpc) is 3.19. The first-order valence-corrected chi connectivity index (χ1v) is 9.31. The molecule has 2 amide bonds. The van der Waals surface area contributed by atoms with Gasteiger partial charge in [-0.2, -0.15) is 0 Å². The van der Waals surface area contributed by atoms with Gasteiger partial charge < -0.3 is 14.8 Å². The van der Waals surface area contributed by atoms with Crippen LogP contribution in [0.5, 0.6) is 0 Å². The van der Waals surface area contributed by atoms with E-state index >= 15 is 0 Å². The quantitative estimate of drug-likeness (QED) is 0.894. The van der Waals surface area contributed by atoms with Gasteiger partial charge in [-0.3, -0.25) is 14.5 Å². The zero-order valence-corrected chi connectivity index (χ0v) is 15.1. The predicted octanol–water partition coefficient (Wildman–Crippen LogP) is 1.90. The van der Waals surface area contributed by atoms with Crippen molar-refractivity contribution in [1.82, 2.24) is 14.4 Å². The van der Waals surface area contributed by atoms with Crippen LogP contribution in [0.1, 0.15) is 17.9 Å². The van der Waals surface area contributed by atoms with Gasteiger partial charge in [0.15, 0.2) is 0 Å². The maximum atomic E-state index is 13.7. The molecular weight excluding hydrogens is 347 g/mol. The molecule has 142 valence electrons. The van der Waals surface area contributed by atoms with Gasteiger partial charge in [0.25, 0.3) is 0 Å². The Hall–Kier alpha value is -2.67. The third-order valence-electron chi connectivity index (χ3n) is 5.38. The second kappa shape index (κ2) is 7.52. The molecule has 3 heterocycles. The number of nitrogens with zero attached hydrogens (tertiary/aromatic N) is 3. The van der Waals surface area contributed by atoms with Crippen LogP contribution in [-0.2, 0) is 16.1 Å². The first kappa shape index (κ1) is 17.7. The van der Waals surface area contributed by atoms with E-state index in [0.717, 1.165) is 26.2 Å². The second-order valence-electron chi connectivity index (χ2n) is 7.12. The molecule has 1 aromatic carbocycles. The zero-order chi connectivity index (χ0) is 18.8. The van der Waals surface area contributed by atoms with Gasteiger partial charge in [0.05, 0.1) is 5.92 Å². The van der Waals surface area contributed by atoms with Crippen molar-refractivity contribution in [3.05, 3.63) is 54.1 Å². The summed E-state index contributed by atoms with van der Waals surface area (Å²) in [5.41, 5.74) is 1.12. The number of hydrogen-bond acceptors (Lipinski definition) is 3. The van der Waals surface area contributed by atoms with Crippen molar-refractivity contribution in [3.63, 3.8) is 0 Å². The lowest BCUT2D eigenvalue weighted by Crippen LogP contribution is -2.51. The van der Waals surface area contributed by atoms with Crippen molar-refractivity contribution in [2.75, 3.05) is 38.0 Å². The van der Waals surface area contributed by atoms with Gasteiger partial charge in [-0.25, -0.2) is 4.39 Å². The fourth-order valence-corrected chi connectivity index (χ4v) is 3.84. The van der Waals surface area contributed by atoms with Gasteiger partial charge in [-0.1, -0.05) is 0 Å². The maximum absolute atomic E-state index is 13.7. The van der Waals surface area contributed by atoms with Crippen LogP contribution in [0, 0.1) is 5.82 Å². The molecule has 0 aliphatic carbocycles. The van der Waals surface area contributed by atoms with Crippen molar-refractivity contribution in [2.24, 2.45) is 0 Å². The summed E-state index contributed by atoms with van der Waals surface area (Å²) in [7, 11) is 0. The first-order chi connectivity index (χ1) is 13.1. The van der Waals surface area contributed by atoms with Gasteiger partial charge in [0.2, 0.25) is 11.8 Å². The van der Waals surface area contributed by atoms with Crippen LogP contribution in [0.15, 0.2) is 42.7 Å². The molecule has 0 radical (unpaired) electrons. The fourth-order valence-electron chi connectivity index (χ4n) is 3.84. The lowest BCUT2D eigenvalue weighted by Gasteiger charge is -2.37. The Labute approximate surface area is 157 Å². The molecule has 1 atom stereocenters. The fraction of sp³-hybridized carbons (Fsp3) is 0.400. The lowest BCUT2D eigenvalue weighted by molar-refractivity contribution is -0.136. The van der Waals surface area contributed by atoms with E-state index < -0.39 is 11.7 Å². The molecule has 6 nitrogen and oxygen atoms in total. The van der Waals surface area contributed by atoms with E-state index in [1.165, 1.54) is 18.2 Å². The molecule has 1 saturated heterocycles. The van der Waals surface area contributed by atoms with Gasteiger partial charge >= 0.3 is 0 Å². The number of aromatic nitrogens is 1. The Kier molecular flexibility index (Phi) is 4.94. The largest absolute Gasteiger partial charge is 0.353 e. The van der Waals surface area contributed by atoms with Crippen LogP contribution in [0.3, 0.4) is 0 Å². The molecular formula is C20H23FN4O2. The van der Waals surface area contributed by atoms with E-state index in [0.29, 0.717) is 24.3 Å². The van der Waals surface area contributed by atoms with Gasteiger partial charge in [0.1, 0.15) is 5.82 Å². The van der Waals surface area contributed by atoms with E-state index in [1.54, 1.807) is 0 Å². The van der Waals surface area contributed by atoms with Crippen LogP contribution >= 0.6 is 0 Å². The zero-order valence-electron chi connectivity index (χ0n) is 15.1. The van der Waals surface area contributed by atoms with Crippen molar-refractivity contribution in [1.29, 1.82) is 0 Å². The number of fused-ring (bicyclic) bond motifs is 1. The summed E-state index contributed by atoms with van der Waals surface area (Å²) >= 11 is 0. The predicted molar refractivity (Wildman–Crippen MR) is 99.8 cm³/mol. The summed E-state index contributed by atoms with van der Waals surface area (Å²) in [4.78, 5) is 29.1. The van der Waals surface area contributed by atoms with Crippen molar-refractivity contribution in [3.8, 4) is 0 Å². The topological polar surface area (TPSA) is 57.6 Å². The highest BCUT2D eigenvalue weighted by Crippen LogP contribution is 2.34. The first-order valence-electron chi connectivity index (χ1n) is 9.31. The molecule has 0 unspecified atom stereocenters. The Morgan fingerprint density at radius 3 is 2.59 bits per heavy atom. The Bertz CT molecular complexity index is 829. The molecule has 27 heavy (non-hydrogen) atoms. The molecule has 1 fully saturated rings. The molecule has 7 heteroatoms. The molecule has 1 N–H and O–H groups in total. The minimum atomic E-state index is -0.601. The highest BCUT2D eigenvalue weighted by atomic mass is 19.1. The number of nitrogens with one attached hydrogen (secondary N) is 1. The van der Waals surface area contributed by atoms with Crippen molar-refractivity contribution in [2.45, 2.75) is 18.9 Å². The van der Waals surface area contributed by atoms with E-state index in [-0.39, 0.29) is 18.2 Å². The number of amides is 2. The second-order valence-corrected chi connectivity index (χ2v) is 7.12. The number of piperazine rings is 1. The highest BCUT2D eigenvalue weighted by Gasteiger charge is 2.34. The number of benzene rings is 1. The molecule has 4 rings (SSSR count). The number of rotatable bonds is 4. The normalized spacial score (nSPS) is 20.3. The summed E-state index contributed by atoms with van der Waals surface area (Å²) in [6.45, 7) is 4.75. The van der Waals surface area contributed by atoms with Crippen LogP contribution in [-0.4, -0.2) is 58.9 Å². The summed E-state index contributed by atoms with van der Waals surface area (Å²) < 4.78 is 15.8. The molecule has 2 aliphatic rings. The highest BCUT2D eigenvalue weighted by molar-refractivity contribution is 6.01. The van der Waals surface area contributed by atoms with Crippen LogP contribution in [0.2, 0.25) is 0 Å². The number of carbonyl (C=O) groups excluding carboxylic acids is 2. The van der Waals surface area contributed by atoms with Gasteiger partial charge in [0, 0.05) is 63.8 Å². The summed E-state index contributed by atoms with van der Waals surface area (Å²) in [6, 6.07) is 8.22. The average molecular weight is 370 g/mol. The summed E-state index contributed by atoms with van der Waals surface area (Å²) in [6.07, 6.45) is 4.16. The molecule has 0 bridgehead atoms. The van der Waals surface area contributed by atoms with Gasteiger partial charge in [-0.05, 0) is 35.9 Å². The Morgan fingerprint density at radius 1 is 1.11 bits per heavy atom. The number of hydrogen-bond donors (Lipinski definition) is 1. The number of halogens is 1. The third kappa shape index (κ3) is 3.88. The SMILES string of the molecule is O=C1C[C@H](C(=O)N2CCN(CCn3cccc3)CC2)c2cc(F)ccc2N1. The smallest absolute Gasteiger partial charge is 0.230 e. The number of anilines is 1. The molecule has 0 saturated carbocycles. The molecule has 2 aromatic rings. The van der Waals surface area contributed by atoms with Crippen molar-refractivity contribution < 1.29 is 14.0 Å². The van der Waals surface area contributed by atoms with E-state index in [9.17, 15) is 14.0 Å². The minimum absolute atomic E-state index is 0.0725. The van der Waals surface area contributed by atoms with E-state index in [2.05, 4.69) is 14.8 Å². The Morgan fingerprint density at radius 2 is 1.85 bits per heavy atom. The Balaban J connectivity index is 1.38. The van der Waals surface area contributed by atoms with Crippen LogP contribution in [0.4, 0.5) is 10.1 Å². The monoisotopic (exact) mass is 370 g/mol. The van der Waals surface area contributed by atoms with E-state index in [4.69, 9.17) is 0 Å². The molecule has 0 spiro atoms.